The molecule has 0 spiro atoms. The van der Waals surface area contributed by atoms with Gasteiger partial charge in [-0.2, -0.15) is 0 Å². The molecule has 0 bridgehead atoms. The Morgan fingerprint density at radius 2 is 1.43 bits per heavy atom. The van der Waals surface area contributed by atoms with E-state index in [0.29, 0.717) is 35.3 Å². The summed E-state index contributed by atoms with van der Waals surface area (Å²) >= 11 is 0. The van der Waals surface area contributed by atoms with E-state index in [0.717, 1.165) is 25.7 Å². The van der Waals surface area contributed by atoms with E-state index in [2.05, 4.69) is 0 Å². The number of benzene rings is 3. The van der Waals surface area contributed by atoms with Crippen molar-refractivity contribution in [1.82, 2.24) is 0 Å². The molecule has 1 fully saturated rings. The first-order valence-corrected chi connectivity index (χ1v) is 12.2. The van der Waals surface area contributed by atoms with Crippen LogP contribution in [0.25, 0.3) is 22.3 Å². The lowest BCUT2D eigenvalue weighted by atomic mass is 9.89. The standard InChI is InChI=1S/C30H30F4O/c1-3-5-7-21-13-15-24(28(32)27(21)31)19-8-10-20(11-9-19)25-16-17-26(30(34)29(25)33)22-12-14-23(6-4-2)35-18-22/h4,6,8-11,13,15-17,22-23H,3,5,7,12,14,18H2,1-2H3. The van der Waals surface area contributed by atoms with E-state index < -0.39 is 23.3 Å². The molecule has 0 aliphatic carbocycles. The minimum Gasteiger partial charge on any atom is -0.374 e. The summed E-state index contributed by atoms with van der Waals surface area (Å²) < 4.78 is 65.0. The Morgan fingerprint density at radius 3 is 2.00 bits per heavy atom. The highest BCUT2D eigenvalue weighted by Gasteiger charge is 2.26. The highest BCUT2D eigenvalue weighted by atomic mass is 19.2. The Balaban J connectivity index is 1.55. The number of aryl methyl sites for hydroxylation is 1. The predicted molar refractivity (Wildman–Crippen MR) is 132 cm³/mol. The maximum atomic E-state index is 15.1. The number of halogens is 4. The normalized spacial score (nSPS) is 18.3. The highest BCUT2D eigenvalue weighted by molar-refractivity contribution is 5.71. The Labute approximate surface area is 204 Å². The van der Waals surface area contributed by atoms with Gasteiger partial charge in [0.15, 0.2) is 23.3 Å². The van der Waals surface area contributed by atoms with E-state index in [-0.39, 0.29) is 23.1 Å². The topological polar surface area (TPSA) is 9.23 Å². The van der Waals surface area contributed by atoms with Gasteiger partial charge in [-0.05, 0) is 54.9 Å². The van der Waals surface area contributed by atoms with Gasteiger partial charge in [0.05, 0.1) is 12.7 Å². The molecule has 3 aromatic carbocycles. The molecule has 1 aliphatic rings. The lowest BCUT2D eigenvalue weighted by molar-refractivity contribution is 0.0317. The van der Waals surface area contributed by atoms with Gasteiger partial charge in [0.25, 0.3) is 0 Å². The molecule has 1 heterocycles. The number of unbranched alkanes of at least 4 members (excludes halogenated alkanes) is 1. The molecule has 2 atom stereocenters. The van der Waals surface area contributed by atoms with Crippen molar-refractivity contribution in [3.05, 3.63) is 95.1 Å². The molecule has 5 heteroatoms. The Bertz CT molecular complexity index is 1190. The van der Waals surface area contributed by atoms with Crippen molar-refractivity contribution in [3.8, 4) is 22.3 Å². The summed E-state index contributed by atoms with van der Waals surface area (Å²) in [6.45, 7) is 4.27. The molecule has 4 rings (SSSR count). The summed E-state index contributed by atoms with van der Waals surface area (Å²) in [4.78, 5) is 0. The van der Waals surface area contributed by atoms with Gasteiger partial charge in [0.1, 0.15) is 0 Å². The number of ether oxygens (including phenoxy) is 1. The Hall–Kier alpha value is -2.92. The predicted octanol–water partition coefficient (Wildman–Crippen LogP) is 8.76. The number of allylic oxidation sites excluding steroid dienone is 1. The molecule has 3 aromatic rings. The van der Waals surface area contributed by atoms with Crippen molar-refractivity contribution < 1.29 is 22.3 Å². The molecule has 35 heavy (non-hydrogen) atoms. The van der Waals surface area contributed by atoms with Crippen LogP contribution in [0.15, 0.2) is 60.7 Å². The smallest absolute Gasteiger partial charge is 0.166 e. The fraction of sp³-hybridized carbons (Fsp3) is 0.333. The third-order valence-electron chi connectivity index (χ3n) is 6.74. The van der Waals surface area contributed by atoms with E-state index in [4.69, 9.17) is 4.74 Å². The maximum absolute atomic E-state index is 15.1. The molecule has 184 valence electrons. The summed E-state index contributed by atoms with van der Waals surface area (Å²) in [6, 6.07) is 12.8. The second-order valence-electron chi connectivity index (χ2n) is 9.08. The van der Waals surface area contributed by atoms with Gasteiger partial charge >= 0.3 is 0 Å². The first-order valence-electron chi connectivity index (χ1n) is 12.2. The minimum atomic E-state index is -0.914. The molecule has 0 amide bonds. The van der Waals surface area contributed by atoms with Crippen LogP contribution in [0.3, 0.4) is 0 Å². The lowest BCUT2D eigenvalue weighted by Gasteiger charge is -2.28. The van der Waals surface area contributed by atoms with Crippen molar-refractivity contribution in [3.63, 3.8) is 0 Å². The van der Waals surface area contributed by atoms with Gasteiger partial charge in [-0.15, -0.1) is 0 Å². The SMILES string of the molecule is CC=CC1CCC(c2ccc(-c3ccc(-c4ccc(CCCC)c(F)c4F)cc3)c(F)c2F)CO1. The zero-order valence-electron chi connectivity index (χ0n) is 20.1. The minimum absolute atomic E-state index is 0.0211. The largest absolute Gasteiger partial charge is 0.374 e. The Kier molecular flexibility index (Phi) is 8.07. The summed E-state index contributed by atoms with van der Waals surface area (Å²) in [6.07, 6.45) is 7.58. The molecular formula is C30H30F4O. The molecule has 1 saturated heterocycles. The van der Waals surface area contributed by atoms with E-state index in [9.17, 15) is 8.78 Å². The fourth-order valence-corrected chi connectivity index (χ4v) is 4.69. The summed E-state index contributed by atoms with van der Waals surface area (Å²) in [5, 5.41) is 0. The molecule has 2 unspecified atom stereocenters. The zero-order chi connectivity index (χ0) is 24.9. The second-order valence-corrected chi connectivity index (χ2v) is 9.08. The summed E-state index contributed by atoms with van der Waals surface area (Å²) in [5.74, 6) is -3.68. The van der Waals surface area contributed by atoms with Gasteiger partial charge in [0, 0.05) is 17.0 Å². The molecular weight excluding hydrogens is 452 g/mol. The molecule has 0 aromatic heterocycles. The van der Waals surface area contributed by atoms with Crippen LogP contribution >= 0.6 is 0 Å². The summed E-state index contributed by atoms with van der Waals surface area (Å²) in [5.41, 5.74) is 1.89. The second kappa shape index (κ2) is 11.2. The van der Waals surface area contributed by atoms with Crippen molar-refractivity contribution in [1.29, 1.82) is 0 Å². The van der Waals surface area contributed by atoms with E-state index >= 15 is 8.78 Å². The highest BCUT2D eigenvalue weighted by Crippen LogP contribution is 2.35. The van der Waals surface area contributed by atoms with Crippen LogP contribution in [0.4, 0.5) is 17.6 Å². The van der Waals surface area contributed by atoms with Gasteiger partial charge in [-0.3, -0.25) is 0 Å². The number of hydrogen-bond acceptors (Lipinski definition) is 1. The van der Waals surface area contributed by atoms with Gasteiger partial charge < -0.3 is 4.74 Å². The Morgan fingerprint density at radius 1 is 0.800 bits per heavy atom. The third kappa shape index (κ3) is 5.35. The average Bonchev–Trinajstić information content (AvgIpc) is 2.88. The monoisotopic (exact) mass is 482 g/mol. The molecule has 1 aliphatic heterocycles. The van der Waals surface area contributed by atoms with Crippen LogP contribution in [0, 0.1) is 23.3 Å². The molecule has 0 radical (unpaired) electrons. The van der Waals surface area contributed by atoms with Crippen LogP contribution in [0.2, 0.25) is 0 Å². The van der Waals surface area contributed by atoms with Gasteiger partial charge in [-0.1, -0.05) is 74.0 Å². The van der Waals surface area contributed by atoms with Crippen LogP contribution in [-0.4, -0.2) is 12.7 Å². The van der Waals surface area contributed by atoms with Crippen LogP contribution in [-0.2, 0) is 11.2 Å². The number of hydrogen-bond donors (Lipinski definition) is 0. The van der Waals surface area contributed by atoms with Crippen LogP contribution < -0.4 is 0 Å². The summed E-state index contributed by atoms with van der Waals surface area (Å²) in [7, 11) is 0. The van der Waals surface area contributed by atoms with Crippen molar-refractivity contribution >= 4 is 0 Å². The van der Waals surface area contributed by atoms with Crippen molar-refractivity contribution in [2.45, 2.75) is 58.0 Å². The van der Waals surface area contributed by atoms with Gasteiger partial charge in [0.2, 0.25) is 0 Å². The maximum Gasteiger partial charge on any atom is 0.166 e. The average molecular weight is 483 g/mol. The zero-order valence-corrected chi connectivity index (χ0v) is 20.1. The fourth-order valence-electron chi connectivity index (χ4n) is 4.69. The molecule has 0 saturated carbocycles. The van der Waals surface area contributed by atoms with Crippen molar-refractivity contribution in [2.24, 2.45) is 0 Å². The molecule has 0 N–H and O–H groups in total. The van der Waals surface area contributed by atoms with E-state index in [1.54, 1.807) is 48.5 Å². The van der Waals surface area contributed by atoms with Crippen LogP contribution in [0.1, 0.15) is 56.6 Å². The first-order chi connectivity index (χ1) is 16.9. The lowest BCUT2D eigenvalue weighted by Crippen LogP contribution is -2.24. The van der Waals surface area contributed by atoms with E-state index in [1.807, 2.05) is 26.0 Å². The van der Waals surface area contributed by atoms with Gasteiger partial charge in [-0.25, -0.2) is 17.6 Å². The third-order valence-corrected chi connectivity index (χ3v) is 6.74. The first kappa shape index (κ1) is 25.2. The number of rotatable bonds is 7. The van der Waals surface area contributed by atoms with E-state index in [1.165, 1.54) is 0 Å². The molecule has 1 nitrogen and oxygen atoms in total. The van der Waals surface area contributed by atoms with Crippen LogP contribution in [0.5, 0.6) is 0 Å². The van der Waals surface area contributed by atoms with Crippen molar-refractivity contribution in [2.75, 3.05) is 6.61 Å². The quantitative estimate of drug-likeness (QED) is 0.242.